The molecule has 0 aliphatic carbocycles. The minimum atomic E-state index is -0.486. The molecule has 7 nitrogen and oxygen atoms in total. The third kappa shape index (κ3) is 3.11. The van der Waals surface area contributed by atoms with Gasteiger partial charge in [-0.25, -0.2) is 4.79 Å². The Balaban J connectivity index is 2.49. The summed E-state index contributed by atoms with van der Waals surface area (Å²) in [5.74, 6) is -0.486. The summed E-state index contributed by atoms with van der Waals surface area (Å²) in [7, 11) is 1.29. The lowest BCUT2D eigenvalue weighted by Crippen LogP contribution is -2.22. The lowest BCUT2D eigenvalue weighted by Gasteiger charge is -2.03. The molecule has 0 atom stereocenters. The molecule has 21 heavy (non-hydrogen) atoms. The molecular formula is C13H12N4O3S. The van der Waals surface area contributed by atoms with Gasteiger partial charge < -0.3 is 4.74 Å². The van der Waals surface area contributed by atoms with Gasteiger partial charge in [-0.05, 0) is 25.2 Å². The maximum atomic E-state index is 11.9. The number of hydrogen-bond acceptors (Lipinski definition) is 6. The predicted octanol–water partition coefficient (Wildman–Crippen LogP) is 1.28. The Labute approximate surface area is 124 Å². The molecule has 2 aromatic rings. The maximum absolute atomic E-state index is 11.9. The van der Waals surface area contributed by atoms with Crippen molar-refractivity contribution < 1.29 is 9.53 Å². The monoisotopic (exact) mass is 304 g/mol. The van der Waals surface area contributed by atoms with E-state index in [9.17, 15) is 9.59 Å². The summed E-state index contributed by atoms with van der Waals surface area (Å²) in [6.45, 7) is 1.54. The second-order valence-corrected chi connectivity index (χ2v) is 4.44. The van der Waals surface area contributed by atoms with E-state index in [1.807, 2.05) is 0 Å². The number of aryl methyl sites for hydroxylation is 1. The zero-order chi connectivity index (χ0) is 15.4. The molecule has 0 saturated carbocycles. The van der Waals surface area contributed by atoms with E-state index in [2.05, 4.69) is 20.0 Å². The van der Waals surface area contributed by atoms with Gasteiger partial charge in [-0.1, -0.05) is 18.2 Å². The average molecular weight is 304 g/mol. The molecule has 1 N–H and O–H groups in total. The lowest BCUT2D eigenvalue weighted by molar-refractivity contribution is 0.0600. The number of aromatic nitrogens is 3. The molecule has 2 rings (SSSR count). The van der Waals surface area contributed by atoms with E-state index < -0.39 is 11.5 Å². The molecule has 0 saturated heterocycles. The number of hydrogen-bond donors (Lipinski definition) is 1. The number of benzene rings is 1. The number of carbonyl (C=O) groups excluding carboxylic acids is 1. The van der Waals surface area contributed by atoms with Crippen molar-refractivity contribution in [3.8, 4) is 0 Å². The zero-order valence-electron chi connectivity index (χ0n) is 11.4. The maximum Gasteiger partial charge on any atom is 0.338 e. The number of methoxy groups -OCH3 is 1. The molecule has 1 heterocycles. The number of rotatable bonds is 3. The predicted molar refractivity (Wildman–Crippen MR) is 79.2 cm³/mol. The summed E-state index contributed by atoms with van der Waals surface area (Å²) in [6, 6.07) is 6.74. The van der Waals surface area contributed by atoms with Gasteiger partial charge in [-0.15, -0.1) is 0 Å². The van der Waals surface area contributed by atoms with Gasteiger partial charge in [-0.3, -0.25) is 9.89 Å². The zero-order valence-corrected chi connectivity index (χ0v) is 12.2. The fourth-order valence-electron chi connectivity index (χ4n) is 1.60. The molecule has 1 aromatic carbocycles. The largest absolute Gasteiger partial charge is 0.465 e. The van der Waals surface area contributed by atoms with Crippen molar-refractivity contribution >= 4 is 24.4 Å². The highest BCUT2D eigenvalue weighted by Gasteiger charge is 2.09. The first-order chi connectivity index (χ1) is 10.0. The molecule has 0 aliphatic heterocycles. The van der Waals surface area contributed by atoms with Gasteiger partial charge in [0.2, 0.25) is 4.77 Å². The van der Waals surface area contributed by atoms with Crippen LogP contribution in [0.3, 0.4) is 0 Å². The van der Waals surface area contributed by atoms with Gasteiger partial charge >= 0.3 is 5.97 Å². The van der Waals surface area contributed by atoms with Gasteiger partial charge in [-0.2, -0.15) is 14.9 Å². The Morgan fingerprint density at radius 3 is 2.90 bits per heavy atom. The minimum Gasteiger partial charge on any atom is -0.465 e. The Kier molecular flexibility index (Phi) is 4.39. The van der Waals surface area contributed by atoms with Crippen LogP contribution in [0.1, 0.15) is 21.6 Å². The van der Waals surface area contributed by atoms with Crippen LogP contribution in [0.2, 0.25) is 0 Å². The van der Waals surface area contributed by atoms with Crippen molar-refractivity contribution in [2.75, 3.05) is 7.11 Å². The van der Waals surface area contributed by atoms with E-state index in [1.54, 1.807) is 31.2 Å². The lowest BCUT2D eigenvalue weighted by atomic mass is 10.1. The van der Waals surface area contributed by atoms with Crippen LogP contribution in [0.15, 0.2) is 34.2 Å². The second kappa shape index (κ2) is 6.23. The van der Waals surface area contributed by atoms with Gasteiger partial charge in [0.15, 0.2) is 0 Å². The molecule has 0 aliphatic rings. The summed E-state index contributed by atoms with van der Waals surface area (Å²) < 4.78 is 5.76. The minimum absolute atomic E-state index is 0.0670. The van der Waals surface area contributed by atoms with E-state index in [-0.39, 0.29) is 10.5 Å². The fraction of sp³-hybridized carbons (Fsp3) is 0.154. The summed E-state index contributed by atoms with van der Waals surface area (Å²) in [6.07, 6.45) is 1.37. The molecule has 108 valence electrons. The van der Waals surface area contributed by atoms with E-state index in [1.165, 1.54) is 13.3 Å². The Morgan fingerprint density at radius 1 is 1.48 bits per heavy atom. The van der Waals surface area contributed by atoms with Crippen LogP contribution in [0.25, 0.3) is 0 Å². The van der Waals surface area contributed by atoms with Crippen LogP contribution >= 0.6 is 12.2 Å². The number of esters is 1. The first-order valence-electron chi connectivity index (χ1n) is 5.94. The van der Waals surface area contributed by atoms with E-state index >= 15 is 0 Å². The molecule has 8 heteroatoms. The SMILES string of the molecule is COC(=O)c1ccccc1/C=N\n1c(=S)[nH]nc(C)c1=O. The highest BCUT2D eigenvalue weighted by Crippen LogP contribution is 2.07. The Morgan fingerprint density at radius 2 is 2.19 bits per heavy atom. The summed E-state index contributed by atoms with van der Waals surface area (Å²) in [5.41, 5.74) is 0.671. The second-order valence-electron chi connectivity index (χ2n) is 4.05. The molecule has 0 amide bonds. The number of nitrogens with one attached hydrogen (secondary N) is 1. The number of carbonyl (C=O) groups is 1. The van der Waals surface area contributed by atoms with Crippen LogP contribution in [0, 0.1) is 11.7 Å². The highest BCUT2D eigenvalue weighted by atomic mass is 32.1. The van der Waals surface area contributed by atoms with Crippen LogP contribution in [-0.4, -0.2) is 34.2 Å². The van der Waals surface area contributed by atoms with Crippen LogP contribution in [0.4, 0.5) is 0 Å². The Hall–Kier alpha value is -2.61. The number of H-pyrrole nitrogens is 1. The first kappa shape index (κ1) is 14.8. The molecular weight excluding hydrogens is 292 g/mol. The summed E-state index contributed by atoms with van der Waals surface area (Å²) in [4.78, 5) is 23.5. The van der Waals surface area contributed by atoms with Gasteiger partial charge in [0, 0.05) is 5.56 Å². The third-order valence-corrected chi connectivity index (χ3v) is 2.96. The van der Waals surface area contributed by atoms with Gasteiger partial charge in [0.1, 0.15) is 5.69 Å². The molecule has 0 radical (unpaired) electrons. The molecule has 0 bridgehead atoms. The van der Waals surface area contributed by atoms with Crippen LogP contribution in [-0.2, 0) is 4.74 Å². The number of ether oxygens (including phenoxy) is 1. The smallest absolute Gasteiger partial charge is 0.338 e. The topological polar surface area (TPSA) is 89.3 Å². The van der Waals surface area contributed by atoms with E-state index in [4.69, 9.17) is 12.2 Å². The first-order valence-corrected chi connectivity index (χ1v) is 6.35. The number of aromatic amines is 1. The molecule has 0 unspecified atom stereocenters. The quantitative estimate of drug-likeness (QED) is 0.524. The van der Waals surface area contributed by atoms with E-state index in [0.29, 0.717) is 11.1 Å². The number of nitrogens with zero attached hydrogens (tertiary/aromatic N) is 3. The van der Waals surface area contributed by atoms with Crippen molar-refractivity contribution in [1.82, 2.24) is 14.9 Å². The van der Waals surface area contributed by atoms with Crippen molar-refractivity contribution in [2.24, 2.45) is 5.10 Å². The molecule has 0 spiro atoms. The highest BCUT2D eigenvalue weighted by molar-refractivity contribution is 7.71. The van der Waals surface area contributed by atoms with Crippen molar-refractivity contribution in [2.45, 2.75) is 6.92 Å². The fourth-order valence-corrected chi connectivity index (χ4v) is 1.78. The van der Waals surface area contributed by atoms with Crippen LogP contribution in [0.5, 0.6) is 0 Å². The van der Waals surface area contributed by atoms with Crippen molar-refractivity contribution in [3.05, 3.63) is 56.2 Å². The standard InChI is InChI=1S/C13H12N4O3S/c1-8-11(18)17(13(21)16-15-8)14-7-9-5-3-4-6-10(9)12(19)20-2/h3-7H,1-2H3,(H,16,21)/b14-7-. The molecule has 1 aromatic heterocycles. The van der Waals surface area contributed by atoms with Gasteiger partial charge in [0.05, 0.1) is 18.9 Å². The van der Waals surface area contributed by atoms with Gasteiger partial charge in [0.25, 0.3) is 5.56 Å². The summed E-state index contributed by atoms with van der Waals surface area (Å²) >= 11 is 4.96. The average Bonchev–Trinajstić information content (AvgIpc) is 2.50. The van der Waals surface area contributed by atoms with Crippen molar-refractivity contribution in [3.63, 3.8) is 0 Å². The van der Waals surface area contributed by atoms with Crippen molar-refractivity contribution in [1.29, 1.82) is 0 Å². The van der Waals surface area contributed by atoms with E-state index in [0.717, 1.165) is 4.68 Å². The summed E-state index contributed by atoms with van der Waals surface area (Å²) in [5, 5.41) is 10.3. The van der Waals surface area contributed by atoms with Crippen LogP contribution < -0.4 is 5.56 Å². The normalized spacial score (nSPS) is 10.8. The third-order valence-electron chi connectivity index (χ3n) is 2.69. The Bertz CT molecular complexity index is 823. The molecule has 0 fully saturated rings.